The number of carbonyl (C=O) groups excluding carboxylic acids is 1. The van der Waals surface area contributed by atoms with Gasteiger partial charge in [-0.2, -0.15) is 0 Å². The van der Waals surface area contributed by atoms with Crippen molar-refractivity contribution in [3.63, 3.8) is 0 Å². The molecule has 0 aromatic rings. The minimum Gasteiger partial charge on any atom is -0.454 e. The predicted octanol–water partition coefficient (Wildman–Crippen LogP) is 10.9. The van der Waals surface area contributed by atoms with Crippen molar-refractivity contribution >= 4 is 5.97 Å². The summed E-state index contributed by atoms with van der Waals surface area (Å²) < 4.78 is 18.4. The first-order chi connectivity index (χ1) is 28.3. The van der Waals surface area contributed by atoms with E-state index < -0.39 is 49.4 Å². The summed E-state index contributed by atoms with van der Waals surface area (Å²) in [7, 11) is 0. The maximum atomic E-state index is 13.1. The Hall–Kier alpha value is -1.03. The molecule has 59 heavy (non-hydrogen) atoms. The van der Waals surface area contributed by atoms with Crippen LogP contribution in [0.4, 0.5) is 0 Å². The molecule has 4 N–H and O–H groups in total. The van der Waals surface area contributed by atoms with Crippen molar-refractivity contribution in [3.05, 3.63) is 11.6 Å². The number of rotatable bonds is 24. The molecule has 8 heteroatoms. The van der Waals surface area contributed by atoms with Crippen molar-refractivity contribution in [2.24, 2.45) is 52.3 Å². The monoisotopic (exact) mass is 831 g/mol. The highest BCUT2D eigenvalue weighted by atomic mass is 16.7. The summed E-state index contributed by atoms with van der Waals surface area (Å²) in [5, 5.41) is 43.9. The fourth-order valence-corrected chi connectivity index (χ4v) is 13.4. The standard InChI is InChI=1S/C51H90O8/c1-8-10-11-12-13-14-15-16-17-18-19-20-21-22-44(54)59-48-47(56)46(55)43(33-52)58-49(48)57-38-27-29-50(6)37(31-38)32-42(53)45-40-26-25-39(51(40,7)30-28-41(45)50)35(5)23-24-36(9-2)34(3)4/h32,34-36,38-43,45-49,52-53,55-56H,8-31,33H2,1-7H3. The van der Waals surface area contributed by atoms with Crippen molar-refractivity contribution in [2.75, 3.05) is 6.61 Å². The van der Waals surface area contributed by atoms with Gasteiger partial charge in [-0.25, -0.2) is 0 Å². The Bertz CT molecular complexity index is 1290. The summed E-state index contributed by atoms with van der Waals surface area (Å²) in [5.74, 6) is 3.78. The highest BCUT2D eigenvalue weighted by molar-refractivity contribution is 5.69. The summed E-state index contributed by atoms with van der Waals surface area (Å²) in [4.78, 5) is 13.1. The molecule has 5 rings (SSSR count). The van der Waals surface area contributed by atoms with Gasteiger partial charge in [0.1, 0.15) is 18.3 Å². The number of fused-ring (bicyclic) bond motifs is 5. The van der Waals surface area contributed by atoms with E-state index in [2.05, 4.69) is 54.5 Å². The van der Waals surface area contributed by atoms with E-state index in [-0.39, 0.29) is 29.3 Å². The molecule has 8 nitrogen and oxygen atoms in total. The van der Waals surface area contributed by atoms with Gasteiger partial charge in [0.15, 0.2) is 12.4 Å². The third-order valence-corrected chi connectivity index (χ3v) is 17.2. The van der Waals surface area contributed by atoms with Crippen molar-refractivity contribution in [1.82, 2.24) is 0 Å². The molecule has 0 aromatic carbocycles. The van der Waals surface area contributed by atoms with E-state index in [1.54, 1.807) is 0 Å². The lowest BCUT2D eigenvalue weighted by atomic mass is 9.46. The predicted molar refractivity (Wildman–Crippen MR) is 236 cm³/mol. The Morgan fingerprint density at radius 2 is 1.46 bits per heavy atom. The summed E-state index contributed by atoms with van der Waals surface area (Å²) in [6, 6.07) is 0. The first-order valence-electron chi connectivity index (χ1n) is 25.2. The Balaban J connectivity index is 1.13. The van der Waals surface area contributed by atoms with Gasteiger partial charge in [-0.15, -0.1) is 0 Å². The molecule has 0 bridgehead atoms. The number of hydrogen-bond donors (Lipinski definition) is 4. The SMILES string of the molecule is CCCCCCCCCCCCCCCC(=O)OC1C(OC2CCC3(C)C(=CC(O)C4C3CCC3(C)C(C(C)CCC(CC)C(C)C)CCC43)C2)OC(CO)C(O)C1O. The maximum Gasteiger partial charge on any atom is 0.306 e. The van der Waals surface area contributed by atoms with E-state index in [1.807, 2.05) is 0 Å². The molecule has 0 amide bonds. The molecule has 3 saturated carbocycles. The van der Waals surface area contributed by atoms with Crippen LogP contribution in [-0.4, -0.2) is 75.9 Å². The second kappa shape index (κ2) is 23.1. The molecule has 4 fully saturated rings. The summed E-state index contributed by atoms with van der Waals surface area (Å²) in [6.07, 6.45) is 22.4. The zero-order valence-corrected chi connectivity index (χ0v) is 38.8. The lowest BCUT2D eigenvalue weighted by Gasteiger charge is -2.59. The number of aliphatic hydroxyl groups is 4. The first-order valence-corrected chi connectivity index (χ1v) is 25.2. The molecule has 0 radical (unpaired) electrons. The molecule has 1 aliphatic heterocycles. The normalized spacial score (nSPS) is 38.0. The lowest BCUT2D eigenvalue weighted by molar-refractivity contribution is -0.315. The summed E-state index contributed by atoms with van der Waals surface area (Å²) >= 11 is 0. The molecule has 4 aliphatic carbocycles. The topological polar surface area (TPSA) is 126 Å². The average molecular weight is 831 g/mol. The Morgan fingerprint density at radius 3 is 2.07 bits per heavy atom. The number of aliphatic hydroxyl groups excluding tert-OH is 4. The fraction of sp³-hybridized carbons (Fsp3) is 0.941. The van der Waals surface area contributed by atoms with Gasteiger partial charge in [-0.05, 0) is 110 Å². The first kappa shape index (κ1) is 49.0. The summed E-state index contributed by atoms with van der Waals surface area (Å²) in [6.45, 7) is 16.4. The van der Waals surface area contributed by atoms with Gasteiger partial charge < -0.3 is 34.6 Å². The molecule has 1 heterocycles. The molecule has 342 valence electrons. The van der Waals surface area contributed by atoms with Crippen LogP contribution in [-0.2, 0) is 19.0 Å². The van der Waals surface area contributed by atoms with Crippen molar-refractivity contribution in [3.8, 4) is 0 Å². The van der Waals surface area contributed by atoms with Crippen LogP contribution in [0.15, 0.2) is 11.6 Å². The number of carbonyl (C=O) groups is 1. The van der Waals surface area contributed by atoms with Crippen LogP contribution < -0.4 is 0 Å². The Labute approximate surface area is 360 Å². The highest BCUT2D eigenvalue weighted by Crippen LogP contribution is 2.67. The van der Waals surface area contributed by atoms with Gasteiger partial charge in [0, 0.05) is 6.42 Å². The summed E-state index contributed by atoms with van der Waals surface area (Å²) in [5.41, 5.74) is 1.51. The van der Waals surface area contributed by atoms with Crippen LogP contribution in [0.5, 0.6) is 0 Å². The van der Waals surface area contributed by atoms with E-state index in [4.69, 9.17) is 14.2 Å². The quantitative estimate of drug-likeness (QED) is 0.0430. The number of hydrogen-bond acceptors (Lipinski definition) is 8. The minimum absolute atomic E-state index is 0.0169. The molecule has 0 spiro atoms. The average Bonchev–Trinajstić information content (AvgIpc) is 3.57. The number of ether oxygens (including phenoxy) is 3. The van der Waals surface area contributed by atoms with Crippen LogP contribution in [0.2, 0.25) is 0 Å². The highest BCUT2D eigenvalue weighted by Gasteiger charge is 2.61. The van der Waals surface area contributed by atoms with E-state index >= 15 is 0 Å². The second-order valence-corrected chi connectivity index (χ2v) is 21.2. The van der Waals surface area contributed by atoms with Crippen molar-refractivity contribution in [2.45, 2.75) is 245 Å². The van der Waals surface area contributed by atoms with Crippen LogP contribution in [0.25, 0.3) is 0 Å². The van der Waals surface area contributed by atoms with Crippen LogP contribution in [0.1, 0.15) is 203 Å². The van der Waals surface area contributed by atoms with E-state index in [9.17, 15) is 25.2 Å². The van der Waals surface area contributed by atoms with E-state index in [0.29, 0.717) is 30.6 Å². The molecule has 15 unspecified atom stereocenters. The van der Waals surface area contributed by atoms with Crippen LogP contribution in [0, 0.1) is 52.3 Å². The second-order valence-electron chi connectivity index (χ2n) is 21.2. The van der Waals surface area contributed by atoms with Gasteiger partial charge in [0.05, 0.1) is 18.8 Å². The van der Waals surface area contributed by atoms with Gasteiger partial charge >= 0.3 is 5.97 Å². The molecule has 15 atom stereocenters. The number of unbranched alkanes of at least 4 members (excludes halogenated alkanes) is 12. The minimum atomic E-state index is -1.44. The zero-order valence-electron chi connectivity index (χ0n) is 38.8. The fourth-order valence-electron chi connectivity index (χ4n) is 13.4. The molecule has 0 aromatic heterocycles. The molecular weight excluding hydrogens is 741 g/mol. The maximum absolute atomic E-state index is 13.1. The molecular formula is C51H90O8. The Kier molecular flexibility index (Phi) is 19.1. The molecule has 1 saturated heterocycles. The third-order valence-electron chi connectivity index (χ3n) is 17.2. The van der Waals surface area contributed by atoms with Gasteiger partial charge in [-0.3, -0.25) is 4.79 Å². The van der Waals surface area contributed by atoms with Crippen molar-refractivity contribution in [1.29, 1.82) is 0 Å². The van der Waals surface area contributed by atoms with Gasteiger partial charge in [-0.1, -0.05) is 150 Å². The Morgan fingerprint density at radius 1 is 0.814 bits per heavy atom. The third kappa shape index (κ3) is 12.0. The van der Waals surface area contributed by atoms with Gasteiger partial charge in [0.2, 0.25) is 0 Å². The largest absolute Gasteiger partial charge is 0.454 e. The number of esters is 1. The van der Waals surface area contributed by atoms with E-state index in [1.165, 1.54) is 108 Å². The lowest BCUT2D eigenvalue weighted by Crippen LogP contribution is -2.61. The van der Waals surface area contributed by atoms with E-state index in [0.717, 1.165) is 49.9 Å². The van der Waals surface area contributed by atoms with Gasteiger partial charge in [0.25, 0.3) is 0 Å². The van der Waals surface area contributed by atoms with Crippen molar-refractivity contribution < 1.29 is 39.4 Å². The molecule has 5 aliphatic rings. The van der Waals surface area contributed by atoms with Crippen LogP contribution >= 0.6 is 0 Å². The smallest absolute Gasteiger partial charge is 0.306 e. The zero-order chi connectivity index (χ0) is 42.7. The van der Waals surface area contributed by atoms with Crippen LogP contribution in [0.3, 0.4) is 0 Å².